The number of ether oxygens (including phenoxy) is 1. The van der Waals surface area contributed by atoms with Gasteiger partial charge in [-0.05, 0) is 24.6 Å². The Morgan fingerprint density at radius 1 is 1.25 bits per heavy atom. The second-order valence-corrected chi connectivity index (χ2v) is 4.62. The monoisotopic (exact) mass is 268 g/mol. The van der Waals surface area contributed by atoms with Crippen LogP contribution < -0.4 is 10.5 Å². The third kappa shape index (κ3) is 2.30. The number of aromatic nitrogens is 3. The zero-order chi connectivity index (χ0) is 13.9. The molecule has 0 spiro atoms. The SMILES string of the molecule is CCCn1cc(Oc2ccc3cnccc3c2N)cn1. The highest BCUT2D eigenvalue weighted by atomic mass is 16.5. The summed E-state index contributed by atoms with van der Waals surface area (Å²) in [5.74, 6) is 1.33. The summed E-state index contributed by atoms with van der Waals surface area (Å²) in [7, 11) is 0. The lowest BCUT2D eigenvalue weighted by molar-refractivity contribution is 0.483. The normalized spacial score (nSPS) is 10.8. The van der Waals surface area contributed by atoms with Crippen LogP contribution in [0.15, 0.2) is 43.0 Å². The van der Waals surface area contributed by atoms with Crippen LogP contribution in [0, 0.1) is 0 Å². The van der Waals surface area contributed by atoms with Gasteiger partial charge in [-0.1, -0.05) is 6.92 Å². The molecule has 20 heavy (non-hydrogen) atoms. The zero-order valence-corrected chi connectivity index (χ0v) is 11.3. The Bertz CT molecular complexity index is 736. The van der Waals surface area contributed by atoms with Crippen LogP contribution in [0.1, 0.15) is 13.3 Å². The smallest absolute Gasteiger partial charge is 0.165 e. The van der Waals surface area contributed by atoms with Gasteiger partial charge >= 0.3 is 0 Å². The van der Waals surface area contributed by atoms with E-state index in [1.165, 1.54) is 0 Å². The molecule has 102 valence electrons. The molecule has 0 aliphatic rings. The van der Waals surface area contributed by atoms with Gasteiger partial charge in [0.2, 0.25) is 0 Å². The van der Waals surface area contributed by atoms with E-state index < -0.39 is 0 Å². The molecule has 3 aromatic rings. The number of rotatable bonds is 4. The first kappa shape index (κ1) is 12.5. The van der Waals surface area contributed by atoms with Crippen LogP contribution in [-0.2, 0) is 6.54 Å². The summed E-state index contributed by atoms with van der Waals surface area (Å²) in [6.07, 6.45) is 8.12. The Labute approximate surface area is 117 Å². The molecule has 0 aliphatic heterocycles. The maximum atomic E-state index is 6.15. The van der Waals surface area contributed by atoms with E-state index in [0.717, 1.165) is 23.7 Å². The molecule has 0 saturated carbocycles. The molecule has 3 rings (SSSR count). The fraction of sp³-hybridized carbons (Fsp3) is 0.200. The number of nitrogen functional groups attached to an aromatic ring is 1. The lowest BCUT2D eigenvalue weighted by atomic mass is 10.1. The number of hydrogen-bond acceptors (Lipinski definition) is 4. The summed E-state index contributed by atoms with van der Waals surface area (Å²) in [6, 6.07) is 5.69. The predicted octanol–water partition coefficient (Wildman–Crippen LogP) is 3.22. The van der Waals surface area contributed by atoms with Crippen molar-refractivity contribution in [2.75, 3.05) is 5.73 Å². The lowest BCUT2D eigenvalue weighted by Crippen LogP contribution is -1.96. The first-order valence-electron chi connectivity index (χ1n) is 6.60. The molecule has 0 atom stereocenters. The van der Waals surface area contributed by atoms with Crippen LogP contribution >= 0.6 is 0 Å². The Hall–Kier alpha value is -2.56. The van der Waals surface area contributed by atoms with Crippen LogP contribution in [0.5, 0.6) is 11.5 Å². The Morgan fingerprint density at radius 3 is 3.00 bits per heavy atom. The number of nitrogens with two attached hydrogens (primary N) is 1. The topological polar surface area (TPSA) is 66.0 Å². The molecule has 0 fully saturated rings. The van der Waals surface area contributed by atoms with Gasteiger partial charge in [-0.3, -0.25) is 9.67 Å². The fourth-order valence-electron chi connectivity index (χ4n) is 2.14. The molecule has 0 aliphatic carbocycles. The van der Waals surface area contributed by atoms with Crippen LogP contribution in [0.3, 0.4) is 0 Å². The number of hydrogen-bond donors (Lipinski definition) is 1. The van der Waals surface area contributed by atoms with E-state index in [1.807, 2.05) is 29.1 Å². The maximum absolute atomic E-state index is 6.15. The van der Waals surface area contributed by atoms with Crippen molar-refractivity contribution < 1.29 is 4.74 Å². The number of aryl methyl sites for hydroxylation is 1. The zero-order valence-electron chi connectivity index (χ0n) is 11.3. The van der Waals surface area contributed by atoms with Crippen molar-refractivity contribution in [3.05, 3.63) is 43.0 Å². The van der Waals surface area contributed by atoms with Gasteiger partial charge in [0.05, 0.1) is 18.1 Å². The fourth-order valence-corrected chi connectivity index (χ4v) is 2.14. The van der Waals surface area contributed by atoms with E-state index in [-0.39, 0.29) is 0 Å². The van der Waals surface area contributed by atoms with Crippen LogP contribution in [0.4, 0.5) is 5.69 Å². The van der Waals surface area contributed by atoms with Crippen LogP contribution in [0.2, 0.25) is 0 Å². The van der Waals surface area contributed by atoms with Gasteiger partial charge in [0.25, 0.3) is 0 Å². The molecular weight excluding hydrogens is 252 g/mol. The van der Waals surface area contributed by atoms with E-state index in [0.29, 0.717) is 17.2 Å². The van der Waals surface area contributed by atoms with Crippen molar-refractivity contribution in [2.45, 2.75) is 19.9 Å². The van der Waals surface area contributed by atoms with Gasteiger partial charge in [0.15, 0.2) is 11.5 Å². The molecule has 0 radical (unpaired) electrons. The summed E-state index contributed by atoms with van der Waals surface area (Å²) in [6.45, 7) is 2.99. The van der Waals surface area contributed by atoms with Crippen molar-refractivity contribution in [1.29, 1.82) is 0 Å². The van der Waals surface area contributed by atoms with E-state index in [2.05, 4.69) is 17.0 Å². The highest BCUT2D eigenvalue weighted by Crippen LogP contribution is 2.33. The average Bonchev–Trinajstić information content (AvgIpc) is 2.90. The second-order valence-electron chi connectivity index (χ2n) is 4.62. The van der Waals surface area contributed by atoms with Crippen molar-refractivity contribution in [1.82, 2.24) is 14.8 Å². The first-order valence-corrected chi connectivity index (χ1v) is 6.60. The minimum Gasteiger partial charge on any atom is -0.452 e. The number of benzene rings is 1. The third-order valence-corrected chi connectivity index (χ3v) is 3.11. The summed E-state index contributed by atoms with van der Waals surface area (Å²) < 4.78 is 7.67. The molecule has 5 nitrogen and oxygen atoms in total. The second kappa shape index (κ2) is 5.21. The molecule has 0 unspecified atom stereocenters. The molecule has 0 saturated heterocycles. The Balaban J connectivity index is 1.91. The van der Waals surface area contributed by atoms with E-state index in [1.54, 1.807) is 18.6 Å². The van der Waals surface area contributed by atoms with Crippen LogP contribution in [-0.4, -0.2) is 14.8 Å². The van der Waals surface area contributed by atoms with Gasteiger partial charge < -0.3 is 10.5 Å². The summed E-state index contributed by atoms with van der Waals surface area (Å²) in [4.78, 5) is 4.08. The van der Waals surface area contributed by atoms with Gasteiger partial charge in [0.1, 0.15) is 0 Å². The first-order chi connectivity index (χ1) is 9.78. The Kier molecular flexibility index (Phi) is 3.25. The Morgan fingerprint density at radius 2 is 2.15 bits per heavy atom. The highest BCUT2D eigenvalue weighted by Gasteiger charge is 2.08. The largest absolute Gasteiger partial charge is 0.452 e. The molecule has 2 N–H and O–H groups in total. The predicted molar refractivity (Wildman–Crippen MR) is 78.7 cm³/mol. The quantitative estimate of drug-likeness (QED) is 0.738. The van der Waals surface area contributed by atoms with Gasteiger partial charge in [-0.25, -0.2) is 0 Å². The van der Waals surface area contributed by atoms with E-state index in [9.17, 15) is 0 Å². The number of nitrogens with zero attached hydrogens (tertiary/aromatic N) is 3. The van der Waals surface area contributed by atoms with Gasteiger partial charge in [-0.15, -0.1) is 0 Å². The third-order valence-electron chi connectivity index (χ3n) is 3.11. The minimum absolute atomic E-state index is 0.619. The van der Waals surface area contributed by atoms with E-state index >= 15 is 0 Å². The number of anilines is 1. The summed E-state index contributed by atoms with van der Waals surface area (Å²) >= 11 is 0. The number of fused-ring (bicyclic) bond motifs is 1. The molecule has 5 heteroatoms. The molecule has 2 aromatic heterocycles. The lowest BCUT2D eigenvalue weighted by Gasteiger charge is -2.08. The summed E-state index contributed by atoms with van der Waals surface area (Å²) in [5.41, 5.74) is 6.77. The van der Waals surface area contributed by atoms with Crippen molar-refractivity contribution in [3.63, 3.8) is 0 Å². The maximum Gasteiger partial charge on any atom is 0.165 e. The molecular formula is C15H16N4O. The van der Waals surface area contributed by atoms with Gasteiger partial charge in [0, 0.05) is 29.7 Å². The molecule has 0 amide bonds. The molecule has 0 bridgehead atoms. The van der Waals surface area contributed by atoms with Crippen molar-refractivity contribution in [2.24, 2.45) is 0 Å². The molecule has 2 heterocycles. The minimum atomic E-state index is 0.619. The van der Waals surface area contributed by atoms with E-state index in [4.69, 9.17) is 10.5 Å². The van der Waals surface area contributed by atoms with Gasteiger partial charge in [-0.2, -0.15) is 5.10 Å². The standard InChI is InChI=1S/C15H16N4O/c1-2-7-19-10-12(9-18-19)20-14-4-3-11-8-17-6-5-13(11)15(14)16/h3-6,8-10H,2,7,16H2,1H3. The van der Waals surface area contributed by atoms with Crippen LogP contribution in [0.25, 0.3) is 10.8 Å². The molecule has 1 aromatic carbocycles. The average molecular weight is 268 g/mol. The summed E-state index contributed by atoms with van der Waals surface area (Å²) in [5, 5.41) is 6.18. The number of pyridine rings is 1. The van der Waals surface area contributed by atoms with Crippen molar-refractivity contribution in [3.8, 4) is 11.5 Å². The van der Waals surface area contributed by atoms with Crippen molar-refractivity contribution >= 4 is 16.5 Å². The highest BCUT2D eigenvalue weighted by molar-refractivity contribution is 5.95.